The summed E-state index contributed by atoms with van der Waals surface area (Å²) in [6, 6.07) is 0. The molecule has 23 heavy (non-hydrogen) atoms. The molecule has 2 heterocycles. The van der Waals surface area contributed by atoms with Crippen LogP contribution in [0.5, 0.6) is 0 Å². The van der Waals surface area contributed by atoms with E-state index in [1.165, 1.54) is 11.3 Å². The van der Waals surface area contributed by atoms with E-state index in [2.05, 4.69) is 10.3 Å². The Morgan fingerprint density at radius 1 is 1.52 bits per heavy atom. The van der Waals surface area contributed by atoms with Crippen LogP contribution in [0.4, 0.5) is 5.13 Å². The van der Waals surface area contributed by atoms with E-state index in [-0.39, 0.29) is 24.2 Å². The van der Waals surface area contributed by atoms with E-state index in [1.54, 1.807) is 0 Å². The number of nitrogens with one attached hydrogen (secondary N) is 1. The molecule has 1 aromatic rings. The van der Waals surface area contributed by atoms with E-state index in [1.807, 2.05) is 31.1 Å². The molecule has 7 heteroatoms. The van der Waals surface area contributed by atoms with E-state index < -0.39 is 0 Å². The van der Waals surface area contributed by atoms with Crippen molar-refractivity contribution in [1.82, 2.24) is 9.88 Å². The van der Waals surface area contributed by atoms with Crippen LogP contribution in [-0.4, -0.2) is 48.0 Å². The Morgan fingerprint density at radius 2 is 2.30 bits per heavy atom. The van der Waals surface area contributed by atoms with Gasteiger partial charge in [0, 0.05) is 36.9 Å². The molecule has 1 fully saturated rings. The largest absolute Gasteiger partial charge is 0.381 e. The third kappa shape index (κ3) is 5.28. The first kappa shape index (κ1) is 17.9. The second-order valence-electron chi connectivity index (χ2n) is 6.13. The number of carbonyl (C=O) groups excluding carboxylic acids is 2. The number of nitrogens with zero attached hydrogens (tertiary/aromatic N) is 2. The van der Waals surface area contributed by atoms with Crippen molar-refractivity contribution in [2.45, 2.75) is 33.6 Å². The van der Waals surface area contributed by atoms with Gasteiger partial charge in [0.1, 0.15) is 0 Å². The van der Waals surface area contributed by atoms with Gasteiger partial charge >= 0.3 is 0 Å². The van der Waals surface area contributed by atoms with Crippen LogP contribution in [0.2, 0.25) is 0 Å². The third-order valence-electron chi connectivity index (χ3n) is 3.88. The van der Waals surface area contributed by atoms with E-state index >= 15 is 0 Å². The molecule has 2 amide bonds. The van der Waals surface area contributed by atoms with Gasteiger partial charge in [0.2, 0.25) is 11.8 Å². The Bertz CT molecular complexity index is 538. The number of ether oxygens (including phenoxy) is 1. The third-order valence-corrected chi connectivity index (χ3v) is 4.68. The maximum atomic E-state index is 12.4. The molecule has 0 bridgehead atoms. The topological polar surface area (TPSA) is 71.5 Å². The van der Waals surface area contributed by atoms with E-state index in [0.717, 1.165) is 26.2 Å². The molecule has 1 aromatic heterocycles. The maximum Gasteiger partial charge on any atom is 0.228 e. The highest BCUT2D eigenvalue weighted by Crippen LogP contribution is 2.18. The van der Waals surface area contributed by atoms with Gasteiger partial charge < -0.3 is 15.0 Å². The van der Waals surface area contributed by atoms with E-state index in [9.17, 15) is 9.59 Å². The lowest BCUT2D eigenvalue weighted by atomic mass is 10.1. The Balaban J connectivity index is 1.88. The first-order chi connectivity index (χ1) is 11.0. The van der Waals surface area contributed by atoms with Crippen molar-refractivity contribution in [1.29, 1.82) is 0 Å². The van der Waals surface area contributed by atoms with Crippen LogP contribution in [0, 0.1) is 11.8 Å². The highest BCUT2D eigenvalue weighted by Gasteiger charge is 2.22. The fourth-order valence-corrected chi connectivity index (χ4v) is 3.12. The van der Waals surface area contributed by atoms with Crippen LogP contribution in [0.25, 0.3) is 0 Å². The normalized spacial score (nSPS) is 17.5. The lowest BCUT2D eigenvalue weighted by Gasteiger charge is -2.23. The molecule has 0 spiro atoms. The standard InChI is InChI=1S/C16H25N3O3S/c1-4-19(8-12-5-6-22-9-12)14(20)7-13-10-23-16(17-13)18-15(21)11(2)3/h10-12H,4-9H2,1-3H3,(H,17,18,21). The minimum absolute atomic E-state index is 0.0614. The predicted octanol–water partition coefficient (Wildman–Crippen LogP) is 2.17. The lowest BCUT2D eigenvalue weighted by molar-refractivity contribution is -0.131. The lowest BCUT2D eigenvalue weighted by Crippen LogP contribution is -2.36. The van der Waals surface area contributed by atoms with Crippen LogP contribution in [0.3, 0.4) is 0 Å². The van der Waals surface area contributed by atoms with Crippen molar-refractivity contribution in [2.24, 2.45) is 11.8 Å². The summed E-state index contributed by atoms with van der Waals surface area (Å²) in [7, 11) is 0. The van der Waals surface area contributed by atoms with Gasteiger partial charge in [-0.3, -0.25) is 9.59 Å². The summed E-state index contributed by atoms with van der Waals surface area (Å²) >= 11 is 1.36. The number of hydrogen-bond acceptors (Lipinski definition) is 5. The molecule has 0 aromatic carbocycles. The molecular weight excluding hydrogens is 314 g/mol. The first-order valence-corrected chi connectivity index (χ1v) is 8.98. The van der Waals surface area contributed by atoms with Gasteiger partial charge in [-0.15, -0.1) is 11.3 Å². The Labute approximate surface area is 141 Å². The molecule has 0 aliphatic carbocycles. The average molecular weight is 339 g/mol. The van der Waals surface area contributed by atoms with E-state index in [4.69, 9.17) is 4.74 Å². The minimum atomic E-state index is -0.0896. The van der Waals surface area contributed by atoms with Crippen LogP contribution >= 0.6 is 11.3 Å². The molecule has 1 unspecified atom stereocenters. The molecule has 1 atom stereocenters. The number of amides is 2. The molecule has 1 aliphatic heterocycles. The summed E-state index contributed by atoms with van der Waals surface area (Å²) in [5.74, 6) is 0.364. The van der Waals surface area contributed by atoms with Crippen molar-refractivity contribution in [3.63, 3.8) is 0 Å². The summed E-state index contributed by atoms with van der Waals surface area (Å²) in [5.41, 5.74) is 0.708. The van der Waals surface area contributed by atoms with Crippen molar-refractivity contribution in [3.8, 4) is 0 Å². The fourth-order valence-electron chi connectivity index (χ4n) is 2.41. The van der Waals surface area contributed by atoms with Crippen molar-refractivity contribution < 1.29 is 14.3 Å². The predicted molar refractivity (Wildman–Crippen MR) is 90.5 cm³/mol. The van der Waals surface area contributed by atoms with Gasteiger partial charge in [-0.1, -0.05) is 13.8 Å². The Kier molecular flexibility index (Phi) is 6.53. The number of aromatic nitrogens is 1. The molecule has 0 saturated carbocycles. The summed E-state index contributed by atoms with van der Waals surface area (Å²) in [4.78, 5) is 30.3. The number of hydrogen-bond donors (Lipinski definition) is 1. The van der Waals surface area contributed by atoms with Crippen LogP contribution in [-0.2, 0) is 20.7 Å². The Hall–Kier alpha value is -1.47. The zero-order valence-electron chi connectivity index (χ0n) is 14.0. The maximum absolute atomic E-state index is 12.4. The minimum Gasteiger partial charge on any atom is -0.381 e. The summed E-state index contributed by atoms with van der Waals surface area (Å²) in [6.07, 6.45) is 1.29. The number of likely N-dealkylation sites (N-methyl/N-ethyl adjacent to an activating group) is 1. The first-order valence-electron chi connectivity index (χ1n) is 8.10. The average Bonchev–Trinajstić information content (AvgIpc) is 3.16. The highest BCUT2D eigenvalue weighted by atomic mass is 32.1. The molecule has 2 rings (SSSR count). The molecule has 6 nitrogen and oxygen atoms in total. The zero-order chi connectivity index (χ0) is 16.8. The SMILES string of the molecule is CCN(CC1CCOC1)C(=O)Cc1csc(NC(=O)C(C)C)n1. The van der Waals surface area contributed by atoms with Crippen molar-refractivity contribution in [2.75, 3.05) is 31.6 Å². The summed E-state index contributed by atoms with van der Waals surface area (Å²) in [5, 5.41) is 5.15. The zero-order valence-corrected chi connectivity index (χ0v) is 14.8. The molecule has 0 radical (unpaired) electrons. The quantitative estimate of drug-likeness (QED) is 0.826. The number of rotatable bonds is 7. The molecule has 1 N–H and O–H groups in total. The van der Waals surface area contributed by atoms with Gasteiger partial charge in [-0.05, 0) is 13.3 Å². The number of carbonyl (C=O) groups is 2. The fraction of sp³-hybridized carbons (Fsp3) is 0.688. The smallest absolute Gasteiger partial charge is 0.228 e. The monoisotopic (exact) mass is 339 g/mol. The van der Waals surface area contributed by atoms with Gasteiger partial charge in [-0.2, -0.15) is 0 Å². The van der Waals surface area contributed by atoms with Gasteiger partial charge in [0.15, 0.2) is 5.13 Å². The second-order valence-corrected chi connectivity index (χ2v) is 6.98. The summed E-state index contributed by atoms with van der Waals surface area (Å²) in [6.45, 7) is 8.63. The van der Waals surface area contributed by atoms with Crippen LogP contribution < -0.4 is 5.32 Å². The van der Waals surface area contributed by atoms with Gasteiger partial charge in [-0.25, -0.2) is 4.98 Å². The van der Waals surface area contributed by atoms with Gasteiger partial charge in [0.05, 0.1) is 18.7 Å². The molecular formula is C16H25N3O3S. The van der Waals surface area contributed by atoms with Gasteiger partial charge in [0.25, 0.3) is 0 Å². The second kappa shape index (κ2) is 8.40. The molecule has 1 saturated heterocycles. The molecule has 1 aliphatic rings. The number of thiazole rings is 1. The van der Waals surface area contributed by atoms with E-state index in [0.29, 0.717) is 23.3 Å². The van der Waals surface area contributed by atoms with Crippen LogP contribution in [0.1, 0.15) is 32.9 Å². The van der Waals surface area contributed by atoms with Crippen molar-refractivity contribution in [3.05, 3.63) is 11.1 Å². The van der Waals surface area contributed by atoms with Crippen molar-refractivity contribution >= 4 is 28.3 Å². The molecule has 128 valence electrons. The summed E-state index contributed by atoms with van der Waals surface area (Å²) < 4.78 is 5.37. The van der Waals surface area contributed by atoms with Crippen LogP contribution in [0.15, 0.2) is 5.38 Å². The highest BCUT2D eigenvalue weighted by molar-refractivity contribution is 7.13. The number of anilines is 1. The Morgan fingerprint density at radius 3 is 2.91 bits per heavy atom.